The topological polar surface area (TPSA) is 88.6 Å². The lowest BCUT2D eigenvalue weighted by molar-refractivity contribution is 0.102. The van der Waals surface area contributed by atoms with Gasteiger partial charge in [0.25, 0.3) is 5.91 Å². The minimum Gasteiger partial charge on any atom is -0.494 e. The molecule has 1 amide bonds. The number of nitrogens with one attached hydrogen (secondary N) is 1. The molecule has 0 aliphatic carbocycles. The van der Waals surface area contributed by atoms with Gasteiger partial charge in [-0.05, 0) is 43.3 Å². The molecular weight excluding hydrogens is 410 g/mol. The van der Waals surface area contributed by atoms with E-state index >= 15 is 0 Å². The molecule has 0 unspecified atom stereocenters. The molecule has 3 rings (SSSR count). The van der Waals surface area contributed by atoms with Crippen molar-refractivity contribution in [3.05, 3.63) is 48.0 Å². The Hall–Kier alpha value is -2.49. The lowest BCUT2D eigenvalue weighted by atomic mass is 10.2. The molecule has 9 heteroatoms. The summed E-state index contributed by atoms with van der Waals surface area (Å²) in [4.78, 5) is 17.2. The first kappa shape index (κ1) is 21.2. The van der Waals surface area contributed by atoms with Crippen molar-refractivity contribution >= 4 is 42.6 Å². The van der Waals surface area contributed by atoms with Crippen LogP contribution in [-0.4, -0.2) is 43.3 Å². The molecule has 29 heavy (non-hydrogen) atoms. The van der Waals surface area contributed by atoms with Crippen molar-refractivity contribution in [3.8, 4) is 5.75 Å². The van der Waals surface area contributed by atoms with Crippen molar-refractivity contribution in [2.24, 2.45) is 0 Å². The van der Waals surface area contributed by atoms with E-state index in [1.54, 1.807) is 26.0 Å². The van der Waals surface area contributed by atoms with Crippen LogP contribution in [0, 0.1) is 0 Å². The highest BCUT2D eigenvalue weighted by Gasteiger charge is 2.22. The van der Waals surface area contributed by atoms with Crippen LogP contribution in [-0.2, 0) is 10.0 Å². The molecule has 0 saturated heterocycles. The number of fused-ring (bicyclic) bond motifs is 1. The lowest BCUT2D eigenvalue weighted by Gasteiger charge is -2.18. The van der Waals surface area contributed by atoms with Crippen LogP contribution in [0.5, 0.6) is 5.75 Å². The van der Waals surface area contributed by atoms with Crippen LogP contribution in [0.25, 0.3) is 10.2 Å². The van der Waals surface area contributed by atoms with Gasteiger partial charge in [-0.1, -0.05) is 31.3 Å². The smallest absolute Gasteiger partial charge is 0.257 e. The first-order valence-electron chi connectivity index (χ1n) is 9.34. The molecule has 1 heterocycles. The predicted molar refractivity (Wildman–Crippen MR) is 115 cm³/mol. The Kier molecular flexibility index (Phi) is 6.51. The summed E-state index contributed by atoms with van der Waals surface area (Å²) in [5.74, 6) is 0.335. The van der Waals surface area contributed by atoms with E-state index in [4.69, 9.17) is 4.74 Å². The summed E-state index contributed by atoms with van der Waals surface area (Å²) in [5.41, 5.74) is 1.01. The van der Waals surface area contributed by atoms with Gasteiger partial charge in [0.05, 0.1) is 21.7 Å². The number of hydrogen-bond donors (Lipinski definition) is 1. The third kappa shape index (κ3) is 4.58. The van der Waals surface area contributed by atoms with Gasteiger partial charge in [-0.2, -0.15) is 4.31 Å². The molecule has 0 fully saturated rings. The highest BCUT2D eigenvalue weighted by atomic mass is 32.2. The minimum absolute atomic E-state index is 0.0968. The van der Waals surface area contributed by atoms with E-state index in [0.29, 0.717) is 24.8 Å². The van der Waals surface area contributed by atoms with Crippen LogP contribution in [0.1, 0.15) is 31.1 Å². The summed E-state index contributed by atoms with van der Waals surface area (Å²) >= 11 is 1.33. The van der Waals surface area contributed by atoms with Gasteiger partial charge in [0.15, 0.2) is 5.13 Å². The van der Waals surface area contributed by atoms with Crippen LogP contribution in [0.15, 0.2) is 47.4 Å². The predicted octanol–water partition coefficient (Wildman–Crippen LogP) is 3.98. The van der Waals surface area contributed by atoms with Crippen molar-refractivity contribution in [2.75, 3.05) is 25.0 Å². The number of carbonyl (C=O) groups is 1. The molecule has 0 aliphatic rings. The molecular formula is C20H23N3O4S2. The second-order valence-electron chi connectivity index (χ2n) is 6.15. The Morgan fingerprint density at radius 2 is 1.90 bits per heavy atom. The van der Waals surface area contributed by atoms with Gasteiger partial charge in [0.1, 0.15) is 5.75 Å². The number of anilines is 1. The van der Waals surface area contributed by atoms with Crippen LogP contribution in [0.4, 0.5) is 5.13 Å². The molecule has 0 saturated carbocycles. The average molecular weight is 434 g/mol. The molecule has 0 atom stereocenters. The quantitative estimate of drug-likeness (QED) is 0.580. The molecule has 1 aromatic heterocycles. The van der Waals surface area contributed by atoms with Gasteiger partial charge in [-0.3, -0.25) is 10.1 Å². The number of benzene rings is 2. The standard InChI is InChI=1S/C20H23N3O4S2/c1-4-23(5-2)29(25,26)16-9-7-8-14(12-16)19(24)22-20-21-17-11-10-15(27-6-3)13-18(17)28-20/h7-13H,4-6H2,1-3H3,(H,21,22,24). The van der Waals surface area contributed by atoms with E-state index in [1.165, 1.54) is 27.8 Å². The van der Waals surface area contributed by atoms with E-state index in [2.05, 4.69) is 10.3 Å². The zero-order valence-corrected chi connectivity index (χ0v) is 18.1. The highest BCUT2D eigenvalue weighted by Crippen LogP contribution is 2.29. The second-order valence-corrected chi connectivity index (χ2v) is 9.12. The molecule has 0 spiro atoms. The monoisotopic (exact) mass is 433 g/mol. The summed E-state index contributed by atoms with van der Waals surface area (Å²) in [7, 11) is -3.63. The maximum absolute atomic E-state index is 12.7. The molecule has 0 bridgehead atoms. The van der Waals surface area contributed by atoms with Gasteiger partial charge in [0.2, 0.25) is 10.0 Å². The second kappa shape index (κ2) is 8.89. The van der Waals surface area contributed by atoms with E-state index in [0.717, 1.165) is 16.0 Å². The maximum atomic E-state index is 12.7. The summed E-state index contributed by atoms with van der Waals surface area (Å²) in [6.07, 6.45) is 0. The third-order valence-corrected chi connectivity index (χ3v) is 7.31. The molecule has 1 N–H and O–H groups in total. The Balaban J connectivity index is 1.83. The number of nitrogens with zero attached hydrogens (tertiary/aromatic N) is 2. The Bertz CT molecular complexity index is 1120. The SMILES string of the molecule is CCOc1ccc2nc(NC(=O)c3cccc(S(=O)(=O)N(CC)CC)c3)sc2c1. The maximum Gasteiger partial charge on any atom is 0.257 e. The zero-order chi connectivity index (χ0) is 21.0. The number of amides is 1. The normalized spacial score (nSPS) is 11.7. The zero-order valence-electron chi connectivity index (χ0n) is 16.5. The first-order chi connectivity index (χ1) is 13.9. The number of thiazole rings is 1. The van der Waals surface area contributed by atoms with Gasteiger partial charge >= 0.3 is 0 Å². The van der Waals surface area contributed by atoms with Crippen LogP contribution in [0.2, 0.25) is 0 Å². The van der Waals surface area contributed by atoms with Gasteiger partial charge in [-0.15, -0.1) is 0 Å². The fraction of sp³-hybridized carbons (Fsp3) is 0.300. The molecule has 154 valence electrons. The van der Waals surface area contributed by atoms with Gasteiger partial charge < -0.3 is 4.74 Å². The Morgan fingerprint density at radius 1 is 1.14 bits per heavy atom. The number of sulfonamides is 1. The number of aromatic nitrogens is 1. The largest absolute Gasteiger partial charge is 0.494 e. The molecule has 2 aromatic carbocycles. The summed E-state index contributed by atoms with van der Waals surface area (Å²) in [6, 6.07) is 11.6. The van der Waals surface area contributed by atoms with E-state index in [-0.39, 0.29) is 10.5 Å². The molecule has 3 aromatic rings. The number of rotatable bonds is 8. The molecule has 7 nitrogen and oxygen atoms in total. The van der Waals surface area contributed by atoms with Crippen molar-refractivity contribution in [1.29, 1.82) is 0 Å². The fourth-order valence-electron chi connectivity index (χ4n) is 2.89. The van der Waals surface area contributed by atoms with Crippen molar-refractivity contribution < 1.29 is 17.9 Å². The number of ether oxygens (including phenoxy) is 1. The van der Waals surface area contributed by atoms with E-state index < -0.39 is 15.9 Å². The summed E-state index contributed by atoms with van der Waals surface area (Å²) in [5, 5.41) is 3.19. The summed E-state index contributed by atoms with van der Waals surface area (Å²) in [6.45, 7) is 6.77. The highest BCUT2D eigenvalue weighted by molar-refractivity contribution is 7.89. The fourth-order valence-corrected chi connectivity index (χ4v) is 5.29. The summed E-state index contributed by atoms with van der Waals surface area (Å²) < 4.78 is 33.1. The molecule has 0 radical (unpaired) electrons. The Labute approximate surface area is 174 Å². The van der Waals surface area contributed by atoms with Crippen molar-refractivity contribution in [2.45, 2.75) is 25.7 Å². The van der Waals surface area contributed by atoms with Gasteiger partial charge in [0, 0.05) is 18.7 Å². The van der Waals surface area contributed by atoms with Crippen LogP contribution in [0.3, 0.4) is 0 Å². The van der Waals surface area contributed by atoms with E-state index in [1.807, 2.05) is 25.1 Å². The average Bonchev–Trinajstić information content (AvgIpc) is 3.10. The lowest BCUT2D eigenvalue weighted by Crippen LogP contribution is -2.30. The van der Waals surface area contributed by atoms with Crippen molar-refractivity contribution in [3.63, 3.8) is 0 Å². The van der Waals surface area contributed by atoms with Crippen molar-refractivity contribution in [1.82, 2.24) is 9.29 Å². The third-order valence-electron chi connectivity index (χ3n) is 4.33. The minimum atomic E-state index is -3.63. The molecule has 0 aliphatic heterocycles. The van der Waals surface area contributed by atoms with Gasteiger partial charge in [-0.25, -0.2) is 13.4 Å². The first-order valence-corrected chi connectivity index (χ1v) is 11.6. The Morgan fingerprint density at radius 3 is 2.59 bits per heavy atom. The number of hydrogen-bond acceptors (Lipinski definition) is 6. The van der Waals surface area contributed by atoms with Crippen LogP contribution >= 0.6 is 11.3 Å². The number of carbonyl (C=O) groups excluding carboxylic acids is 1. The van der Waals surface area contributed by atoms with Crippen LogP contribution < -0.4 is 10.1 Å². The van der Waals surface area contributed by atoms with E-state index in [9.17, 15) is 13.2 Å².